The molecule has 4 N–H and O–H groups in total. The first-order chi connectivity index (χ1) is 3.39. The summed E-state index contributed by atoms with van der Waals surface area (Å²) in [6.07, 6.45) is 0. The van der Waals surface area contributed by atoms with Crippen LogP contribution in [0.3, 0.4) is 0 Å². The summed E-state index contributed by atoms with van der Waals surface area (Å²) in [6, 6.07) is 8.33. The summed E-state index contributed by atoms with van der Waals surface area (Å²) in [5.41, 5.74) is 0. The second-order valence-electron chi connectivity index (χ2n) is 1.31. The molecular formula is C6H9LiO3. The van der Waals surface area contributed by atoms with Gasteiger partial charge in [-0.1, -0.05) is 30.3 Å². The monoisotopic (exact) mass is 136 g/mol. The maximum Gasteiger partial charge on any atom is 1.00 e. The van der Waals surface area contributed by atoms with Gasteiger partial charge in [0.2, 0.25) is 0 Å². The van der Waals surface area contributed by atoms with E-state index in [1.54, 1.807) is 12.1 Å². The number of para-hydroxylation sites is 1. The number of benzene rings is 1. The SMILES string of the molecule is O.O.[Li+].[O-]c1ccccc1. The number of hydrogen-bond donors (Lipinski definition) is 0. The van der Waals surface area contributed by atoms with Crippen molar-refractivity contribution in [3.8, 4) is 5.75 Å². The van der Waals surface area contributed by atoms with Crippen molar-refractivity contribution in [1.29, 1.82) is 0 Å². The molecule has 4 heteroatoms. The van der Waals surface area contributed by atoms with Crippen LogP contribution in [0, 0.1) is 0 Å². The van der Waals surface area contributed by atoms with Gasteiger partial charge in [-0.15, -0.1) is 5.75 Å². The minimum absolute atomic E-state index is 0. The minimum Gasteiger partial charge on any atom is -0.872 e. The molecule has 1 aromatic rings. The van der Waals surface area contributed by atoms with Crippen molar-refractivity contribution in [2.24, 2.45) is 0 Å². The van der Waals surface area contributed by atoms with Crippen molar-refractivity contribution in [2.75, 3.05) is 0 Å². The van der Waals surface area contributed by atoms with Gasteiger partial charge in [-0.05, 0) is 0 Å². The molecule has 0 spiro atoms. The molecule has 3 nitrogen and oxygen atoms in total. The van der Waals surface area contributed by atoms with Crippen molar-refractivity contribution in [3.63, 3.8) is 0 Å². The van der Waals surface area contributed by atoms with Crippen LogP contribution in [-0.4, -0.2) is 11.0 Å². The number of hydrogen-bond acceptors (Lipinski definition) is 1. The quantitative estimate of drug-likeness (QED) is 0.335. The Morgan fingerprint density at radius 1 is 0.900 bits per heavy atom. The van der Waals surface area contributed by atoms with Gasteiger partial charge in [0.05, 0.1) is 0 Å². The summed E-state index contributed by atoms with van der Waals surface area (Å²) in [5.74, 6) is 0.0718. The van der Waals surface area contributed by atoms with Crippen LogP contribution in [-0.2, 0) is 0 Å². The van der Waals surface area contributed by atoms with Gasteiger partial charge < -0.3 is 16.1 Å². The molecule has 0 aliphatic rings. The van der Waals surface area contributed by atoms with Crippen molar-refractivity contribution in [3.05, 3.63) is 30.3 Å². The van der Waals surface area contributed by atoms with Gasteiger partial charge in [0, 0.05) is 0 Å². The Balaban J connectivity index is -0.000000163. The van der Waals surface area contributed by atoms with Gasteiger partial charge in [-0.25, -0.2) is 0 Å². The zero-order valence-electron chi connectivity index (χ0n) is 5.79. The third kappa shape index (κ3) is 5.67. The van der Waals surface area contributed by atoms with Crippen LogP contribution in [0.25, 0.3) is 0 Å². The molecule has 0 aliphatic heterocycles. The van der Waals surface area contributed by atoms with Crippen LogP contribution >= 0.6 is 0 Å². The molecule has 0 bridgehead atoms. The summed E-state index contributed by atoms with van der Waals surface area (Å²) in [6.45, 7) is 0. The molecule has 0 radical (unpaired) electrons. The molecule has 0 saturated heterocycles. The smallest absolute Gasteiger partial charge is 0.872 e. The van der Waals surface area contributed by atoms with E-state index in [1.807, 2.05) is 6.07 Å². The first-order valence-electron chi connectivity index (χ1n) is 2.11. The summed E-state index contributed by atoms with van der Waals surface area (Å²) < 4.78 is 0. The van der Waals surface area contributed by atoms with Crippen LogP contribution in [0.5, 0.6) is 5.75 Å². The Kier molecular flexibility index (Phi) is 13.9. The molecule has 0 fully saturated rings. The fourth-order valence-corrected chi connectivity index (χ4v) is 0.420. The van der Waals surface area contributed by atoms with E-state index in [-0.39, 0.29) is 35.6 Å². The maximum absolute atomic E-state index is 10.3. The third-order valence-corrected chi connectivity index (χ3v) is 0.743. The maximum atomic E-state index is 10.3. The third-order valence-electron chi connectivity index (χ3n) is 0.743. The molecule has 52 valence electrons. The van der Waals surface area contributed by atoms with E-state index in [0.29, 0.717) is 0 Å². The van der Waals surface area contributed by atoms with Gasteiger partial charge >= 0.3 is 18.9 Å². The van der Waals surface area contributed by atoms with Crippen LogP contribution in [0.4, 0.5) is 0 Å². The molecule has 0 heterocycles. The van der Waals surface area contributed by atoms with Gasteiger partial charge in [0.25, 0.3) is 0 Å². The molecule has 0 atom stereocenters. The van der Waals surface area contributed by atoms with E-state index < -0.39 is 0 Å². The largest absolute Gasteiger partial charge is 1.00 e. The molecule has 0 saturated carbocycles. The Bertz CT molecular complexity index is 143. The molecule has 1 aromatic carbocycles. The Morgan fingerprint density at radius 2 is 1.30 bits per heavy atom. The molecular weight excluding hydrogens is 127 g/mol. The van der Waals surface area contributed by atoms with E-state index in [1.165, 1.54) is 12.1 Å². The van der Waals surface area contributed by atoms with Crippen LogP contribution in [0.1, 0.15) is 0 Å². The van der Waals surface area contributed by atoms with Gasteiger partial charge in [0.1, 0.15) is 0 Å². The first kappa shape index (κ1) is 16.3. The van der Waals surface area contributed by atoms with E-state index in [2.05, 4.69) is 0 Å². The molecule has 0 amide bonds. The normalized spacial score (nSPS) is 6.00. The van der Waals surface area contributed by atoms with Crippen molar-refractivity contribution < 1.29 is 34.9 Å². The molecule has 1 rings (SSSR count). The Hall–Kier alpha value is -0.463. The average Bonchev–Trinajstić information content (AvgIpc) is 1.69. The van der Waals surface area contributed by atoms with Gasteiger partial charge in [-0.3, -0.25) is 0 Å². The molecule has 0 aliphatic carbocycles. The first-order valence-corrected chi connectivity index (χ1v) is 2.11. The van der Waals surface area contributed by atoms with E-state index in [4.69, 9.17) is 0 Å². The predicted molar refractivity (Wildman–Crippen MR) is 33.1 cm³/mol. The fourth-order valence-electron chi connectivity index (χ4n) is 0.420. The second-order valence-corrected chi connectivity index (χ2v) is 1.31. The van der Waals surface area contributed by atoms with Crippen molar-refractivity contribution in [1.82, 2.24) is 0 Å². The van der Waals surface area contributed by atoms with Crippen molar-refractivity contribution in [2.45, 2.75) is 0 Å². The molecule has 0 aromatic heterocycles. The number of rotatable bonds is 0. The van der Waals surface area contributed by atoms with Gasteiger partial charge in [0.15, 0.2) is 0 Å². The summed E-state index contributed by atoms with van der Waals surface area (Å²) in [5, 5.41) is 10.3. The van der Waals surface area contributed by atoms with E-state index >= 15 is 0 Å². The zero-order valence-corrected chi connectivity index (χ0v) is 5.79. The topological polar surface area (TPSA) is 86.1 Å². The van der Waals surface area contributed by atoms with Crippen molar-refractivity contribution >= 4 is 0 Å². The molecule has 0 unspecified atom stereocenters. The zero-order chi connectivity index (χ0) is 5.11. The second kappa shape index (κ2) is 8.54. The summed E-state index contributed by atoms with van der Waals surface area (Å²) in [4.78, 5) is 0. The Labute approximate surface area is 71.5 Å². The summed E-state index contributed by atoms with van der Waals surface area (Å²) in [7, 11) is 0. The van der Waals surface area contributed by atoms with E-state index in [9.17, 15) is 5.11 Å². The average molecular weight is 136 g/mol. The van der Waals surface area contributed by atoms with Crippen LogP contribution in [0.15, 0.2) is 30.3 Å². The fraction of sp³-hybridized carbons (Fsp3) is 0. The summed E-state index contributed by atoms with van der Waals surface area (Å²) >= 11 is 0. The Morgan fingerprint density at radius 3 is 1.50 bits per heavy atom. The van der Waals surface area contributed by atoms with Crippen LogP contribution in [0.2, 0.25) is 0 Å². The van der Waals surface area contributed by atoms with Crippen LogP contribution < -0.4 is 24.0 Å². The minimum atomic E-state index is 0. The standard InChI is InChI=1S/C6H6O.Li.2H2O/c7-6-4-2-1-3-5-6;;;/h1-5,7H;;2*1H2/q;+1;;/p-1. The predicted octanol–water partition coefficient (Wildman–Crippen LogP) is -3.89. The van der Waals surface area contributed by atoms with Gasteiger partial charge in [-0.2, -0.15) is 0 Å². The van der Waals surface area contributed by atoms with E-state index in [0.717, 1.165) is 0 Å². The molecule has 10 heavy (non-hydrogen) atoms.